The Labute approximate surface area is 65.6 Å². The molecule has 1 unspecified atom stereocenters. The van der Waals surface area contributed by atoms with E-state index in [0.29, 0.717) is 4.58 Å². The van der Waals surface area contributed by atoms with Gasteiger partial charge in [-0.2, -0.15) is 24.4 Å². The smallest absolute Gasteiger partial charge is 0.0562 e. The molecule has 3 heteroatoms. The number of thioether (sulfide) groups is 2. The van der Waals surface area contributed by atoms with Crippen molar-refractivity contribution in [3.05, 3.63) is 0 Å². The molecule has 1 rings (SSSR count). The van der Waals surface area contributed by atoms with Crippen LogP contribution in [0.5, 0.6) is 0 Å². The average molecular weight is 168 g/mol. The van der Waals surface area contributed by atoms with Crippen molar-refractivity contribution < 1.29 is 0 Å². The summed E-state index contributed by atoms with van der Waals surface area (Å²) in [4.78, 5) is 0. The number of hydrogen-bond donors (Lipinski definition) is 1. The first kappa shape index (κ1) is 9.05. The number of thiol groups is 1. The van der Waals surface area contributed by atoms with E-state index in [-0.39, 0.29) is 7.43 Å². The van der Waals surface area contributed by atoms with E-state index >= 15 is 0 Å². The fourth-order valence-corrected chi connectivity index (χ4v) is 3.28. The first-order valence-electron chi connectivity index (χ1n) is 2.27. The fraction of sp³-hybridized carbons (Fsp3) is 1.00. The minimum atomic E-state index is 0. The molecule has 1 heterocycles. The van der Waals surface area contributed by atoms with E-state index in [1.807, 2.05) is 23.5 Å². The fourth-order valence-electron chi connectivity index (χ4n) is 0.475. The highest BCUT2D eigenvalue weighted by atomic mass is 32.2. The molecule has 0 nitrogen and oxygen atoms in total. The van der Waals surface area contributed by atoms with Gasteiger partial charge in [-0.1, -0.05) is 7.43 Å². The molecule has 0 N–H and O–H groups in total. The Morgan fingerprint density at radius 1 is 1.38 bits per heavy atom. The summed E-state index contributed by atoms with van der Waals surface area (Å²) in [5.74, 6) is 3.84. The van der Waals surface area contributed by atoms with Gasteiger partial charge in [-0.15, -0.1) is 11.8 Å². The van der Waals surface area contributed by atoms with E-state index in [0.717, 1.165) is 0 Å². The standard InChI is InChI=1S/C4H8S3.CH4/c5-4-3-6-1-2-7-4;/h4-5H,1-3H2;1H4. The molecule has 50 valence electrons. The second kappa shape index (κ2) is 4.89. The first-order valence-corrected chi connectivity index (χ1v) is 4.99. The topological polar surface area (TPSA) is 0 Å². The Hall–Kier alpha value is 1.05. The molecule has 1 fully saturated rings. The molecule has 0 radical (unpaired) electrons. The van der Waals surface area contributed by atoms with Gasteiger partial charge in [0.2, 0.25) is 0 Å². The number of hydrogen-bond acceptors (Lipinski definition) is 3. The summed E-state index contributed by atoms with van der Waals surface area (Å²) < 4.78 is 0.610. The lowest BCUT2D eigenvalue weighted by atomic mass is 10.9. The summed E-state index contributed by atoms with van der Waals surface area (Å²) in [6.07, 6.45) is 0. The van der Waals surface area contributed by atoms with Crippen molar-refractivity contribution in [3.8, 4) is 0 Å². The lowest BCUT2D eigenvalue weighted by molar-refractivity contribution is 1.38. The van der Waals surface area contributed by atoms with Gasteiger partial charge < -0.3 is 0 Å². The molecule has 0 saturated carbocycles. The monoisotopic (exact) mass is 168 g/mol. The molecular formula is C5H12S3. The molecule has 1 aliphatic rings. The zero-order valence-corrected chi connectivity index (χ0v) is 6.49. The second-order valence-electron chi connectivity index (χ2n) is 1.40. The van der Waals surface area contributed by atoms with Gasteiger partial charge in [0.05, 0.1) is 4.58 Å². The van der Waals surface area contributed by atoms with Gasteiger partial charge in [-0.05, 0) is 0 Å². The predicted molar refractivity (Wildman–Crippen MR) is 49.3 cm³/mol. The van der Waals surface area contributed by atoms with E-state index < -0.39 is 0 Å². The molecule has 0 amide bonds. The normalized spacial score (nSPS) is 28.9. The zero-order valence-electron chi connectivity index (χ0n) is 3.96. The van der Waals surface area contributed by atoms with Crippen LogP contribution in [0.3, 0.4) is 0 Å². The maximum atomic E-state index is 4.30. The van der Waals surface area contributed by atoms with Crippen LogP contribution in [0.1, 0.15) is 7.43 Å². The van der Waals surface area contributed by atoms with Crippen LogP contribution in [0.15, 0.2) is 0 Å². The third-order valence-corrected chi connectivity index (χ3v) is 4.20. The largest absolute Gasteiger partial charge is 0.164 e. The lowest BCUT2D eigenvalue weighted by Gasteiger charge is -2.14. The highest BCUT2D eigenvalue weighted by Crippen LogP contribution is 2.25. The van der Waals surface area contributed by atoms with E-state index in [1.54, 1.807) is 0 Å². The van der Waals surface area contributed by atoms with E-state index in [1.165, 1.54) is 17.3 Å². The van der Waals surface area contributed by atoms with Crippen LogP contribution in [0.25, 0.3) is 0 Å². The highest BCUT2D eigenvalue weighted by Gasteiger charge is 2.07. The summed E-state index contributed by atoms with van der Waals surface area (Å²) in [5, 5.41) is 0. The van der Waals surface area contributed by atoms with Gasteiger partial charge in [-0.3, -0.25) is 0 Å². The molecule has 0 aliphatic carbocycles. The van der Waals surface area contributed by atoms with Crippen molar-refractivity contribution in [2.24, 2.45) is 0 Å². The Balaban J connectivity index is 0.000000490. The highest BCUT2D eigenvalue weighted by molar-refractivity contribution is 8.14. The van der Waals surface area contributed by atoms with Crippen LogP contribution in [-0.4, -0.2) is 21.8 Å². The molecule has 8 heavy (non-hydrogen) atoms. The van der Waals surface area contributed by atoms with Crippen LogP contribution in [0.4, 0.5) is 0 Å². The van der Waals surface area contributed by atoms with Crippen LogP contribution in [-0.2, 0) is 0 Å². The van der Waals surface area contributed by atoms with Crippen molar-refractivity contribution in [2.75, 3.05) is 17.3 Å². The third kappa shape index (κ3) is 3.15. The Morgan fingerprint density at radius 2 is 2.12 bits per heavy atom. The Bertz CT molecular complexity index is 49.6. The molecule has 1 aliphatic heterocycles. The third-order valence-electron chi connectivity index (χ3n) is 0.798. The summed E-state index contributed by atoms with van der Waals surface area (Å²) in [7, 11) is 0. The van der Waals surface area contributed by atoms with Gasteiger partial charge in [0.15, 0.2) is 0 Å². The van der Waals surface area contributed by atoms with Crippen molar-refractivity contribution >= 4 is 36.2 Å². The number of rotatable bonds is 0. The van der Waals surface area contributed by atoms with Gasteiger partial charge in [0.25, 0.3) is 0 Å². The maximum absolute atomic E-state index is 4.30. The van der Waals surface area contributed by atoms with Gasteiger partial charge in [-0.25, -0.2) is 0 Å². The van der Waals surface area contributed by atoms with Crippen molar-refractivity contribution in [3.63, 3.8) is 0 Å². The van der Waals surface area contributed by atoms with Crippen molar-refractivity contribution in [1.82, 2.24) is 0 Å². The second-order valence-corrected chi connectivity index (χ2v) is 4.83. The lowest BCUT2D eigenvalue weighted by Crippen LogP contribution is -2.06. The first-order chi connectivity index (χ1) is 3.39. The van der Waals surface area contributed by atoms with Crippen LogP contribution in [0.2, 0.25) is 0 Å². The maximum Gasteiger partial charge on any atom is 0.0562 e. The molecule has 0 spiro atoms. The zero-order chi connectivity index (χ0) is 5.11. The Morgan fingerprint density at radius 3 is 2.38 bits per heavy atom. The van der Waals surface area contributed by atoms with Crippen molar-refractivity contribution in [1.29, 1.82) is 0 Å². The summed E-state index contributed by atoms with van der Waals surface area (Å²) in [6.45, 7) is 0. The minimum Gasteiger partial charge on any atom is -0.164 e. The summed E-state index contributed by atoms with van der Waals surface area (Å²) >= 11 is 8.27. The molecule has 0 aromatic heterocycles. The van der Waals surface area contributed by atoms with Gasteiger partial charge >= 0.3 is 0 Å². The van der Waals surface area contributed by atoms with E-state index in [9.17, 15) is 0 Å². The molecule has 1 saturated heterocycles. The molecular weight excluding hydrogens is 156 g/mol. The van der Waals surface area contributed by atoms with Crippen LogP contribution < -0.4 is 0 Å². The quantitative estimate of drug-likeness (QED) is 0.551. The van der Waals surface area contributed by atoms with Gasteiger partial charge in [0.1, 0.15) is 0 Å². The van der Waals surface area contributed by atoms with Crippen LogP contribution in [0, 0.1) is 0 Å². The summed E-state index contributed by atoms with van der Waals surface area (Å²) in [6, 6.07) is 0. The van der Waals surface area contributed by atoms with Crippen molar-refractivity contribution in [2.45, 2.75) is 12.0 Å². The Kier molecular flexibility index (Phi) is 5.53. The summed E-state index contributed by atoms with van der Waals surface area (Å²) in [5.41, 5.74) is 0. The van der Waals surface area contributed by atoms with Gasteiger partial charge in [0, 0.05) is 17.3 Å². The molecule has 1 atom stereocenters. The van der Waals surface area contributed by atoms with E-state index in [4.69, 9.17) is 0 Å². The molecule has 0 aromatic carbocycles. The van der Waals surface area contributed by atoms with Crippen LogP contribution >= 0.6 is 36.2 Å². The minimum absolute atomic E-state index is 0. The molecule has 0 aromatic rings. The van der Waals surface area contributed by atoms with E-state index in [2.05, 4.69) is 12.6 Å². The average Bonchev–Trinajstić information content (AvgIpc) is 1.69. The molecule has 0 bridgehead atoms. The predicted octanol–water partition coefficient (Wildman–Crippen LogP) is 2.36. The SMILES string of the molecule is C.SC1CSCCS1.